The first-order chi connectivity index (χ1) is 13.8. The molecule has 0 aliphatic heterocycles. The summed E-state index contributed by atoms with van der Waals surface area (Å²) >= 11 is 7.85. The van der Waals surface area contributed by atoms with Crippen molar-refractivity contribution in [3.63, 3.8) is 0 Å². The highest BCUT2D eigenvalue weighted by Gasteiger charge is 2.13. The van der Waals surface area contributed by atoms with Gasteiger partial charge in [-0.25, -0.2) is 15.0 Å². The molecular formula is C21H16ClN5S. The minimum absolute atomic E-state index is 0.694. The topological polar surface area (TPSA) is 48.0 Å². The Morgan fingerprint density at radius 3 is 2.75 bits per heavy atom. The Morgan fingerprint density at radius 2 is 1.89 bits per heavy atom. The Labute approximate surface area is 171 Å². The van der Waals surface area contributed by atoms with Crippen LogP contribution >= 0.6 is 23.4 Å². The van der Waals surface area contributed by atoms with Gasteiger partial charge in [-0.1, -0.05) is 53.7 Å². The van der Waals surface area contributed by atoms with E-state index in [0.29, 0.717) is 10.8 Å². The Balaban J connectivity index is 1.49. The molecule has 0 amide bonds. The van der Waals surface area contributed by atoms with Gasteiger partial charge < -0.3 is 4.57 Å². The minimum atomic E-state index is 0.694. The van der Waals surface area contributed by atoms with Crippen LogP contribution in [0, 0.1) is 0 Å². The smallest absolute Gasteiger partial charge is 0.233 e. The van der Waals surface area contributed by atoms with Gasteiger partial charge in [0.2, 0.25) is 5.78 Å². The van der Waals surface area contributed by atoms with E-state index >= 15 is 0 Å². The third-order valence-corrected chi connectivity index (χ3v) is 5.74. The lowest BCUT2D eigenvalue weighted by molar-refractivity contribution is 0.731. The molecule has 5 nitrogen and oxygen atoms in total. The van der Waals surface area contributed by atoms with Crippen LogP contribution < -0.4 is 0 Å². The molecule has 0 spiro atoms. The normalized spacial score (nSPS) is 11.5. The summed E-state index contributed by atoms with van der Waals surface area (Å²) in [6, 6.07) is 18.2. The molecule has 0 radical (unpaired) electrons. The van der Waals surface area contributed by atoms with Crippen LogP contribution in [0.1, 0.15) is 11.3 Å². The summed E-state index contributed by atoms with van der Waals surface area (Å²) in [5.41, 5.74) is 4.19. The van der Waals surface area contributed by atoms with Crippen molar-refractivity contribution in [1.29, 1.82) is 0 Å². The van der Waals surface area contributed by atoms with Crippen molar-refractivity contribution >= 4 is 40.2 Å². The molecule has 138 valence electrons. The summed E-state index contributed by atoms with van der Waals surface area (Å²) in [4.78, 5) is 13.7. The second kappa shape index (κ2) is 7.30. The summed E-state index contributed by atoms with van der Waals surface area (Å²) in [6.45, 7) is 0.758. The zero-order chi connectivity index (χ0) is 18.9. The fourth-order valence-corrected chi connectivity index (χ4v) is 4.26. The van der Waals surface area contributed by atoms with Crippen molar-refractivity contribution in [1.82, 2.24) is 23.9 Å². The molecule has 0 aliphatic rings. The molecule has 5 rings (SSSR count). The number of nitrogens with zero attached hydrogens (tertiary/aromatic N) is 5. The zero-order valence-corrected chi connectivity index (χ0v) is 16.4. The summed E-state index contributed by atoms with van der Waals surface area (Å²) in [5.74, 6) is 1.43. The van der Waals surface area contributed by atoms with Gasteiger partial charge in [0.25, 0.3) is 0 Å². The van der Waals surface area contributed by atoms with E-state index in [2.05, 4.69) is 38.8 Å². The molecule has 2 aromatic carbocycles. The predicted molar refractivity (Wildman–Crippen MR) is 113 cm³/mol. The van der Waals surface area contributed by atoms with Crippen LogP contribution in [-0.4, -0.2) is 23.9 Å². The summed E-state index contributed by atoms with van der Waals surface area (Å²) in [7, 11) is 0. The second-order valence-electron chi connectivity index (χ2n) is 6.45. The number of imidazole rings is 2. The molecule has 0 unspecified atom stereocenters. The van der Waals surface area contributed by atoms with Gasteiger partial charge in [-0.3, -0.25) is 4.40 Å². The lowest BCUT2D eigenvalue weighted by atomic mass is 10.2. The number of thioether (sulfide) groups is 1. The Kier molecular flexibility index (Phi) is 4.50. The summed E-state index contributed by atoms with van der Waals surface area (Å²) in [6.07, 6.45) is 5.72. The summed E-state index contributed by atoms with van der Waals surface area (Å²) < 4.78 is 4.17. The van der Waals surface area contributed by atoms with E-state index in [1.165, 1.54) is 5.56 Å². The number of hydrogen-bond donors (Lipinski definition) is 0. The third-order valence-electron chi connectivity index (χ3n) is 4.49. The van der Waals surface area contributed by atoms with Crippen LogP contribution in [0.4, 0.5) is 0 Å². The van der Waals surface area contributed by atoms with E-state index in [1.54, 1.807) is 18.0 Å². The van der Waals surface area contributed by atoms with E-state index in [4.69, 9.17) is 16.6 Å². The van der Waals surface area contributed by atoms with Crippen molar-refractivity contribution in [3.05, 3.63) is 89.5 Å². The number of fused-ring (bicyclic) bond motifs is 2. The highest BCUT2D eigenvalue weighted by Crippen LogP contribution is 2.29. The van der Waals surface area contributed by atoms with E-state index in [0.717, 1.165) is 34.2 Å². The van der Waals surface area contributed by atoms with Crippen molar-refractivity contribution in [2.75, 3.05) is 0 Å². The lowest BCUT2D eigenvalue weighted by Crippen LogP contribution is -2.01. The molecule has 0 atom stereocenters. The van der Waals surface area contributed by atoms with Gasteiger partial charge in [-0.05, 0) is 29.8 Å². The van der Waals surface area contributed by atoms with Gasteiger partial charge in [0, 0.05) is 29.4 Å². The molecule has 0 bridgehead atoms. The largest absolute Gasteiger partial charge is 0.314 e. The van der Waals surface area contributed by atoms with Crippen LogP contribution in [-0.2, 0) is 12.3 Å². The lowest BCUT2D eigenvalue weighted by Gasteiger charge is -2.08. The van der Waals surface area contributed by atoms with Crippen LogP contribution in [0.5, 0.6) is 0 Å². The molecule has 3 heterocycles. The fourth-order valence-electron chi connectivity index (χ4n) is 3.20. The van der Waals surface area contributed by atoms with Gasteiger partial charge in [-0.15, -0.1) is 0 Å². The third kappa shape index (κ3) is 3.37. The molecule has 0 aliphatic carbocycles. The molecule has 0 saturated carbocycles. The van der Waals surface area contributed by atoms with Crippen LogP contribution in [0.3, 0.4) is 0 Å². The first kappa shape index (κ1) is 17.3. The first-order valence-electron chi connectivity index (χ1n) is 8.87. The van der Waals surface area contributed by atoms with Gasteiger partial charge in [-0.2, -0.15) is 0 Å². The monoisotopic (exact) mass is 405 g/mol. The number of halogens is 1. The maximum atomic E-state index is 6.18. The maximum absolute atomic E-state index is 6.18. The van der Waals surface area contributed by atoms with Gasteiger partial charge in [0.15, 0.2) is 5.16 Å². The predicted octanol–water partition coefficient (Wildman–Crippen LogP) is 5.07. The van der Waals surface area contributed by atoms with Crippen molar-refractivity contribution < 1.29 is 0 Å². The first-order valence-corrected chi connectivity index (χ1v) is 10.2. The van der Waals surface area contributed by atoms with E-state index in [1.807, 2.05) is 47.1 Å². The fraction of sp³-hybridized carbons (Fsp3) is 0.0952. The molecule has 5 aromatic rings. The molecule has 28 heavy (non-hydrogen) atoms. The Morgan fingerprint density at radius 1 is 1.00 bits per heavy atom. The van der Waals surface area contributed by atoms with E-state index in [-0.39, 0.29) is 0 Å². The number of hydrogen-bond acceptors (Lipinski definition) is 4. The number of rotatable bonds is 5. The molecule has 7 heteroatoms. The van der Waals surface area contributed by atoms with E-state index < -0.39 is 0 Å². The average Bonchev–Trinajstić information content (AvgIpc) is 3.28. The molecule has 0 saturated heterocycles. The van der Waals surface area contributed by atoms with Crippen molar-refractivity contribution in [3.8, 4) is 0 Å². The molecular weight excluding hydrogens is 390 g/mol. The highest BCUT2D eigenvalue weighted by atomic mass is 35.5. The van der Waals surface area contributed by atoms with Crippen LogP contribution in [0.15, 0.2) is 78.3 Å². The van der Waals surface area contributed by atoms with Gasteiger partial charge in [0.1, 0.15) is 0 Å². The SMILES string of the molecule is Clc1ccc2c(c1)nc(SCc1cn3cccnc3n1)n2Cc1ccccc1. The van der Waals surface area contributed by atoms with E-state index in [9.17, 15) is 0 Å². The van der Waals surface area contributed by atoms with Crippen LogP contribution in [0.25, 0.3) is 16.8 Å². The van der Waals surface area contributed by atoms with Crippen LogP contribution in [0.2, 0.25) is 5.02 Å². The van der Waals surface area contributed by atoms with Gasteiger partial charge >= 0.3 is 0 Å². The maximum Gasteiger partial charge on any atom is 0.233 e. The number of benzene rings is 2. The molecule has 0 fully saturated rings. The highest BCUT2D eigenvalue weighted by molar-refractivity contribution is 7.98. The average molecular weight is 406 g/mol. The van der Waals surface area contributed by atoms with Crippen molar-refractivity contribution in [2.45, 2.75) is 17.5 Å². The Hall–Kier alpha value is -2.83. The molecule has 3 aromatic heterocycles. The zero-order valence-electron chi connectivity index (χ0n) is 14.9. The van der Waals surface area contributed by atoms with Gasteiger partial charge in [0.05, 0.1) is 23.3 Å². The second-order valence-corrected chi connectivity index (χ2v) is 7.83. The quantitative estimate of drug-likeness (QED) is 0.383. The standard InChI is InChI=1S/C21H16ClN5S/c22-16-7-8-19-18(11-16)25-21(27(19)12-15-5-2-1-3-6-15)28-14-17-13-26-10-4-9-23-20(26)24-17/h1-11,13H,12,14H2. The number of aromatic nitrogens is 5. The summed E-state index contributed by atoms with van der Waals surface area (Å²) in [5, 5.41) is 1.64. The minimum Gasteiger partial charge on any atom is -0.314 e. The Bertz CT molecular complexity index is 1230. The molecule has 0 N–H and O–H groups in total. The van der Waals surface area contributed by atoms with Crippen molar-refractivity contribution in [2.24, 2.45) is 0 Å².